The van der Waals surface area contributed by atoms with Crippen LogP contribution in [0, 0.1) is 5.92 Å². The van der Waals surface area contributed by atoms with Crippen molar-refractivity contribution in [3.63, 3.8) is 0 Å². The minimum Gasteiger partial charge on any atom is -0.486 e. The van der Waals surface area contributed by atoms with Crippen LogP contribution < -0.4 is 9.64 Å². The van der Waals surface area contributed by atoms with Gasteiger partial charge in [0.05, 0.1) is 35.3 Å². The van der Waals surface area contributed by atoms with Gasteiger partial charge in [0.1, 0.15) is 6.10 Å². The summed E-state index contributed by atoms with van der Waals surface area (Å²) in [5, 5.41) is 10.2. The number of hydrogen-bond donors (Lipinski definition) is 1. The summed E-state index contributed by atoms with van der Waals surface area (Å²) >= 11 is 5.92. The molecule has 1 aliphatic rings. The summed E-state index contributed by atoms with van der Waals surface area (Å²) in [5.41, 5.74) is 1.09. The van der Waals surface area contributed by atoms with Gasteiger partial charge < -0.3 is 19.6 Å². The molecule has 0 radical (unpaired) electrons. The van der Waals surface area contributed by atoms with Crippen molar-refractivity contribution in [2.75, 3.05) is 45.7 Å². The predicted octanol–water partition coefficient (Wildman–Crippen LogP) is 2.95. The fraction of sp³-hybridized carbons (Fsp3) is 0.458. The van der Waals surface area contributed by atoms with Crippen molar-refractivity contribution in [3.8, 4) is 5.75 Å². The van der Waals surface area contributed by atoms with E-state index >= 15 is 0 Å². The summed E-state index contributed by atoms with van der Waals surface area (Å²) in [6.45, 7) is 3.90. The molecule has 0 aromatic heterocycles. The number of rotatable bonds is 7. The van der Waals surface area contributed by atoms with E-state index in [9.17, 15) is 18.3 Å². The smallest absolute Gasteiger partial charge is 0.258 e. The molecule has 1 heterocycles. The zero-order valence-corrected chi connectivity index (χ0v) is 21.7. The molecule has 1 N–H and O–H groups in total. The van der Waals surface area contributed by atoms with Crippen molar-refractivity contribution in [2.24, 2.45) is 5.92 Å². The van der Waals surface area contributed by atoms with E-state index in [0.717, 1.165) is 0 Å². The van der Waals surface area contributed by atoms with Crippen LogP contribution in [0.25, 0.3) is 0 Å². The zero-order valence-electron chi connectivity index (χ0n) is 20.1. The van der Waals surface area contributed by atoms with E-state index in [-0.39, 0.29) is 29.9 Å². The van der Waals surface area contributed by atoms with Gasteiger partial charge in [-0.1, -0.05) is 24.6 Å². The van der Waals surface area contributed by atoms with Crippen LogP contribution in [-0.4, -0.2) is 81.6 Å². The first-order valence-electron chi connectivity index (χ1n) is 11.1. The lowest BCUT2D eigenvalue weighted by Gasteiger charge is -2.38. The molecule has 10 heteroatoms. The van der Waals surface area contributed by atoms with Gasteiger partial charge in [-0.15, -0.1) is 0 Å². The number of nitrogens with zero attached hydrogens (tertiary/aromatic N) is 3. The van der Waals surface area contributed by atoms with Gasteiger partial charge in [0.15, 0.2) is 5.75 Å². The number of fused-ring (bicyclic) bond motifs is 1. The Hall–Kier alpha value is -2.33. The van der Waals surface area contributed by atoms with Crippen molar-refractivity contribution < 1.29 is 23.1 Å². The average Bonchev–Trinajstić information content (AvgIpc) is 2.80. The van der Waals surface area contributed by atoms with Crippen molar-refractivity contribution >= 4 is 33.2 Å². The maximum absolute atomic E-state index is 13.4. The molecule has 3 atom stereocenters. The molecule has 0 bridgehead atoms. The van der Waals surface area contributed by atoms with E-state index in [1.807, 2.05) is 32.0 Å². The Bertz CT molecular complexity index is 1120. The monoisotopic (exact) mass is 509 g/mol. The van der Waals surface area contributed by atoms with Crippen LogP contribution in [0.2, 0.25) is 5.02 Å². The molecule has 0 fully saturated rings. The molecule has 2 aromatic carbocycles. The number of sulfonamides is 1. The second-order valence-corrected chi connectivity index (χ2v) is 11.4. The third kappa shape index (κ3) is 5.33. The number of benzene rings is 2. The van der Waals surface area contributed by atoms with Crippen LogP contribution in [0.1, 0.15) is 24.2 Å². The molecule has 0 aliphatic carbocycles. The number of aliphatic hydroxyl groups excluding tert-OH is 1. The van der Waals surface area contributed by atoms with Crippen molar-refractivity contribution in [3.05, 3.63) is 53.1 Å². The Balaban J connectivity index is 2.01. The Morgan fingerprint density at radius 1 is 1.18 bits per heavy atom. The van der Waals surface area contributed by atoms with Gasteiger partial charge in [0.2, 0.25) is 10.0 Å². The van der Waals surface area contributed by atoms with E-state index in [1.54, 1.807) is 24.0 Å². The van der Waals surface area contributed by atoms with Gasteiger partial charge >= 0.3 is 0 Å². The predicted molar refractivity (Wildman–Crippen MR) is 133 cm³/mol. The lowest BCUT2D eigenvalue weighted by atomic mass is 9.99. The second kappa shape index (κ2) is 10.5. The van der Waals surface area contributed by atoms with Crippen molar-refractivity contribution in [1.82, 2.24) is 9.21 Å². The quantitative estimate of drug-likeness (QED) is 0.617. The van der Waals surface area contributed by atoms with E-state index in [2.05, 4.69) is 0 Å². The standard InChI is InChI=1S/C24H32ClN3O5S/c1-16-13-28(17(2)15-29)24(30)20-7-6-8-21(26(3)4)23(20)33-22(16)14-27(5)34(31,32)19-11-9-18(25)10-12-19/h6-12,16-17,22,29H,13-15H2,1-5H3/t16-,17+,22+/m0/s1. The van der Waals surface area contributed by atoms with E-state index in [4.69, 9.17) is 16.3 Å². The number of hydrogen-bond acceptors (Lipinski definition) is 6. The number of anilines is 1. The number of para-hydroxylation sites is 1. The Kier molecular flexibility index (Phi) is 8.13. The number of carbonyl (C=O) groups is 1. The van der Waals surface area contributed by atoms with Gasteiger partial charge in [-0.05, 0) is 43.3 Å². The van der Waals surface area contributed by atoms with Gasteiger partial charge in [0.25, 0.3) is 5.91 Å². The molecule has 1 aliphatic heterocycles. The summed E-state index contributed by atoms with van der Waals surface area (Å²) in [4.78, 5) is 17.0. The van der Waals surface area contributed by atoms with Gasteiger partial charge in [-0.3, -0.25) is 4.79 Å². The lowest BCUT2D eigenvalue weighted by Crippen LogP contribution is -2.50. The summed E-state index contributed by atoms with van der Waals surface area (Å²) in [6.07, 6.45) is -0.548. The topological polar surface area (TPSA) is 90.4 Å². The van der Waals surface area contributed by atoms with Crippen LogP contribution in [0.3, 0.4) is 0 Å². The number of likely N-dealkylation sites (N-methyl/N-ethyl adjacent to an activating group) is 1. The summed E-state index contributed by atoms with van der Waals surface area (Å²) in [5.74, 6) is -0.0432. The van der Waals surface area contributed by atoms with E-state index in [1.165, 1.54) is 35.6 Å². The number of amides is 1. The highest BCUT2D eigenvalue weighted by atomic mass is 35.5. The molecule has 34 heavy (non-hydrogen) atoms. The number of halogens is 1. The van der Waals surface area contributed by atoms with Gasteiger partial charge in [-0.25, -0.2) is 8.42 Å². The number of carbonyl (C=O) groups excluding carboxylic acids is 1. The molecule has 1 amide bonds. The molecule has 0 saturated heterocycles. The highest BCUT2D eigenvalue weighted by Crippen LogP contribution is 2.36. The molecule has 2 aromatic rings. The minimum atomic E-state index is -3.78. The SMILES string of the molecule is C[C@H](CO)N1C[C@H](C)[C@@H](CN(C)S(=O)(=O)c2ccc(Cl)cc2)Oc2c(cccc2N(C)C)C1=O. The van der Waals surface area contributed by atoms with Gasteiger partial charge in [0, 0.05) is 38.6 Å². The molecular weight excluding hydrogens is 478 g/mol. The molecule has 0 spiro atoms. The normalized spacial score (nSPS) is 19.8. The van der Waals surface area contributed by atoms with Crippen LogP contribution >= 0.6 is 11.6 Å². The van der Waals surface area contributed by atoms with E-state index in [0.29, 0.717) is 28.6 Å². The second-order valence-electron chi connectivity index (χ2n) is 8.91. The maximum atomic E-state index is 13.4. The average molecular weight is 510 g/mol. The summed E-state index contributed by atoms with van der Waals surface area (Å²) < 4.78 is 34.1. The maximum Gasteiger partial charge on any atom is 0.258 e. The Morgan fingerprint density at radius 2 is 1.82 bits per heavy atom. The first-order chi connectivity index (χ1) is 16.0. The Labute approximate surface area is 206 Å². The fourth-order valence-corrected chi connectivity index (χ4v) is 5.25. The third-order valence-corrected chi connectivity index (χ3v) is 8.20. The van der Waals surface area contributed by atoms with Crippen LogP contribution in [0.5, 0.6) is 5.75 Å². The molecule has 186 valence electrons. The molecule has 0 saturated carbocycles. The van der Waals surface area contributed by atoms with Crippen LogP contribution in [0.4, 0.5) is 5.69 Å². The Morgan fingerprint density at radius 3 is 2.41 bits per heavy atom. The molecule has 3 rings (SSSR count). The van der Waals surface area contributed by atoms with Crippen molar-refractivity contribution in [2.45, 2.75) is 30.9 Å². The first-order valence-corrected chi connectivity index (χ1v) is 12.9. The van der Waals surface area contributed by atoms with Crippen molar-refractivity contribution in [1.29, 1.82) is 0 Å². The number of aliphatic hydroxyl groups is 1. The third-order valence-electron chi connectivity index (χ3n) is 6.11. The number of ether oxygens (including phenoxy) is 1. The first kappa shape index (κ1) is 26.3. The summed E-state index contributed by atoms with van der Waals surface area (Å²) in [7, 11) is 1.43. The lowest BCUT2D eigenvalue weighted by molar-refractivity contribution is 0.0388. The van der Waals surface area contributed by atoms with Crippen LogP contribution in [0.15, 0.2) is 47.4 Å². The molecule has 8 nitrogen and oxygen atoms in total. The van der Waals surface area contributed by atoms with Gasteiger partial charge in [-0.2, -0.15) is 4.31 Å². The van der Waals surface area contributed by atoms with Crippen LogP contribution in [-0.2, 0) is 10.0 Å². The minimum absolute atomic E-state index is 0.0723. The largest absolute Gasteiger partial charge is 0.486 e. The highest BCUT2D eigenvalue weighted by molar-refractivity contribution is 7.89. The molecular formula is C24H32ClN3O5S. The molecule has 0 unspecified atom stereocenters. The fourth-order valence-electron chi connectivity index (χ4n) is 3.94. The van der Waals surface area contributed by atoms with E-state index < -0.39 is 22.2 Å². The zero-order chi connectivity index (χ0) is 25.2. The highest BCUT2D eigenvalue weighted by Gasteiger charge is 2.36. The summed E-state index contributed by atoms with van der Waals surface area (Å²) in [6, 6.07) is 11.0.